The van der Waals surface area contributed by atoms with Crippen molar-refractivity contribution >= 4 is 0 Å². The molecule has 0 aromatic carbocycles. The lowest BCUT2D eigenvalue weighted by Gasteiger charge is -2.09. The van der Waals surface area contributed by atoms with Crippen molar-refractivity contribution in [1.29, 1.82) is 0 Å². The predicted molar refractivity (Wildman–Crippen MR) is 57.2 cm³/mol. The number of hydrogen-bond donors (Lipinski definition) is 0. The van der Waals surface area contributed by atoms with Gasteiger partial charge in [-0.15, -0.1) is 0 Å². The first kappa shape index (κ1) is 11.2. The fourth-order valence-electron chi connectivity index (χ4n) is 0.807. The summed E-state index contributed by atoms with van der Waals surface area (Å²) < 4.78 is 0. The van der Waals surface area contributed by atoms with Crippen molar-refractivity contribution in [3.63, 3.8) is 0 Å². The van der Waals surface area contributed by atoms with Gasteiger partial charge in [0.05, 0.1) is 0 Å². The van der Waals surface area contributed by atoms with Crippen molar-refractivity contribution in [3.05, 3.63) is 36.0 Å². The Morgan fingerprint density at radius 3 is 2.17 bits per heavy atom. The first-order valence-corrected chi connectivity index (χ1v) is 4.44. The van der Waals surface area contributed by atoms with Gasteiger partial charge in [-0.2, -0.15) is 0 Å². The zero-order chi connectivity index (χ0) is 9.61. The fraction of sp³-hybridized carbons (Fsp3) is 0.500. The quantitative estimate of drug-likeness (QED) is 0.539. The summed E-state index contributed by atoms with van der Waals surface area (Å²) in [4.78, 5) is 0. The third-order valence-corrected chi connectivity index (χ3v) is 1.38. The van der Waals surface area contributed by atoms with Gasteiger partial charge in [0.1, 0.15) is 0 Å². The molecule has 0 heterocycles. The molecule has 0 spiro atoms. The maximum absolute atomic E-state index is 2.21. The van der Waals surface area contributed by atoms with Crippen LogP contribution in [0.5, 0.6) is 0 Å². The van der Waals surface area contributed by atoms with Gasteiger partial charge in [-0.1, -0.05) is 56.7 Å². The third kappa shape index (κ3) is 7.33. The molecule has 0 aliphatic heterocycles. The Kier molecular flexibility index (Phi) is 4.65. The van der Waals surface area contributed by atoms with Gasteiger partial charge in [-0.3, -0.25) is 0 Å². The lowest BCUT2D eigenvalue weighted by Crippen LogP contribution is -1.97. The topological polar surface area (TPSA) is 0 Å². The maximum atomic E-state index is 2.21. The van der Waals surface area contributed by atoms with Crippen molar-refractivity contribution in [2.24, 2.45) is 5.41 Å². The third-order valence-electron chi connectivity index (χ3n) is 1.38. The van der Waals surface area contributed by atoms with Crippen LogP contribution in [-0.2, 0) is 0 Å². The summed E-state index contributed by atoms with van der Waals surface area (Å²) >= 11 is 0. The molecule has 0 N–H and O–H groups in total. The molecule has 68 valence electrons. The van der Waals surface area contributed by atoms with E-state index in [1.54, 1.807) is 0 Å². The van der Waals surface area contributed by atoms with E-state index in [4.69, 9.17) is 0 Å². The maximum Gasteiger partial charge on any atom is -0.0200 e. The second kappa shape index (κ2) is 4.97. The van der Waals surface area contributed by atoms with Crippen molar-refractivity contribution in [2.75, 3.05) is 0 Å². The van der Waals surface area contributed by atoms with Gasteiger partial charge in [-0.25, -0.2) is 0 Å². The molecule has 0 aromatic rings. The van der Waals surface area contributed by atoms with E-state index >= 15 is 0 Å². The standard InChI is InChI=1S/C12H20/c1-6-8-11(2)9-7-10-12(3,4)5/h6-10H,1-5H3/b8-6-,10-7+,11-9-. The van der Waals surface area contributed by atoms with Crippen LogP contribution in [0.2, 0.25) is 0 Å². The molecule has 0 unspecified atom stereocenters. The molecular formula is C12H20. The fourth-order valence-corrected chi connectivity index (χ4v) is 0.807. The number of hydrogen-bond acceptors (Lipinski definition) is 0. The second-order valence-corrected chi connectivity index (χ2v) is 4.14. The zero-order valence-electron chi connectivity index (χ0n) is 8.89. The van der Waals surface area contributed by atoms with Crippen molar-refractivity contribution in [1.82, 2.24) is 0 Å². The summed E-state index contributed by atoms with van der Waals surface area (Å²) in [7, 11) is 0. The average molecular weight is 164 g/mol. The lowest BCUT2D eigenvalue weighted by molar-refractivity contribution is 0.544. The average Bonchev–Trinajstić information content (AvgIpc) is 1.84. The molecule has 0 heteroatoms. The van der Waals surface area contributed by atoms with Crippen LogP contribution < -0.4 is 0 Å². The Bertz CT molecular complexity index is 197. The van der Waals surface area contributed by atoms with E-state index in [0.717, 1.165) is 0 Å². The Morgan fingerprint density at radius 2 is 1.75 bits per heavy atom. The number of allylic oxidation sites excluding steroid dienone is 6. The van der Waals surface area contributed by atoms with Crippen LogP contribution in [0.25, 0.3) is 0 Å². The van der Waals surface area contributed by atoms with Gasteiger partial charge in [0.15, 0.2) is 0 Å². The highest BCUT2D eigenvalue weighted by molar-refractivity contribution is 5.21. The first-order valence-electron chi connectivity index (χ1n) is 4.44. The molecule has 0 bridgehead atoms. The lowest BCUT2D eigenvalue weighted by atomic mass is 9.96. The molecule has 0 rings (SSSR count). The minimum atomic E-state index is 0.284. The van der Waals surface area contributed by atoms with E-state index in [1.165, 1.54) is 5.57 Å². The van der Waals surface area contributed by atoms with Crippen LogP contribution in [0.3, 0.4) is 0 Å². The largest absolute Gasteiger partial charge is 0.0874 e. The molecule has 0 aliphatic carbocycles. The molecule has 0 nitrogen and oxygen atoms in total. The SMILES string of the molecule is C\C=C/C(C)=C\C=C\C(C)(C)C. The zero-order valence-corrected chi connectivity index (χ0v) is 8.89. The Morgan fingerprint density at radius 1 is 1.17 bits per heavy atom. The molecule has 0 atom stereocenters. The van der Waals surface area contributed by atoms with Crippen LogP contribution >= 0.6 is 0 Å². The molecule has 0 aromatic heterocycles. The van der Waals surface area contributed by atoms with Crippen molar-refractivity contribution in [2.45, 2.75) is 34.6 Å². The Labute approximate surface area is 76.7 Å². The minimum Gasteiger partial charge on any atom is -0.0874 e. The summed E-state index contributed by atoms with van der Waals surface area (Å²) in [6.07, 6.45) is 10.6. The van der Waals surface area contributed by atoms with Crippen molar-refractivity contribution < 1.29 is 0 Å². The highest BCUT2D eigenvalue weighted by atomic mass is 14.1. The molecule has 0 fully saturated rings. The van der Waals surface area contributed by atoms with Gasteiger partial charge < -0.3 is 0 Å². The number of rotatable bonds is 2. The molecule has 0 aliphatic rings. The van der Waals surface area contributed by atoms with E-state index in [-0.39, 0.29) is 5.41 Å². The summed E-state index contributed by atoms with van der Waals surface area (Å²) in [5, 5.41) is 0. The normalized spacial score (nSPS) is 14.9. The van der Waals surface area contributed by atoms with Gasteiger partial charge in [0.2, 0.25) is 0 Å². The van der Waals surface area contributed by atoms with Crippen LogP contribution in [0.1, 0.15) is 34.6 Å². The van der Waals surface area contributed by atoms with Gasteiger partial charge in [0.25, 0.3) is 0 Å². The van der Waals surface area contributed by atoms with Crippen LogP contribution in [0.15, 0.2) is 36.0 Å². The molecule has 0 saturated heterocycles. The summed E-state index contributed by atoms with van der Waals surface area (Å²) in [5.41, 5.74) is 1.57. The summed E-state index contributed by atoms with van der Waals surface area (Å²) in [5.74, 6) is 0. The minimum absolute atomic E-state index is 0.284. The van der Waals surface area contributed by atoms with E-state index in [0.29, 0.717) is 0 Å². The highest BCUT2D eigenvalue weighted by Gasteiger charge is 2.01. The predicted octanol–water partition coefficient (Wildman–Crippen LogP) is 4.11. The van der Waals surface area contributed by atoms with Gasteiger partial charge in [0, 0.05) is 0 Å². The molecule has 0 radical (unpaired) electrons. The van der Waals surface area contributed by atoms with E-state index < -0.39 is 0 Å². The second-order valence-electron chi connectivity index (χ2n) is 4.14. The smallest absolute Gasteiger partial charge is 0.0200 e. The monoisotopic (exact) mass is 164 g/mol. The van der Waals surface area contributed by atoms with Gasteiger partial charge in [-0.05, 0) is 19.3 Å². The molecule has 12 heavy (non-hydrogen) atoms. The Balaban J connectivity index is 4.12. The van der Waals surface area contributed by atoms with E-state index in [9.17, 15) is 0 Å². The van der Waals surface area contributed by atoms with Crippen LogP contribution in [0, 0.1) is 5.41 Å². The van der Waals surface area contributed by atoms with Crippen molar-refractivity contribution in [3.8, 4) is 0 Å². The van der Waals surface area contributed by atoms with Gasteiger partial charge >= 0.3 is 0 Å². The highest BCUT2D eigenvalue weighted by Crippen LogP contribution is 2.14. The molecule has 0 amide bonds. The summed E-state index contributed by atoms with van der Waals surface area (Å²) in [6, 6.07) is 0. The molecule has 0 saturated carbocycles. The van der Waals surface area contributed by atoms with Crippen LogP contribution in [-0.4, -0.2) is 0 Å². The van der Waals surface area contributed by atoms with E-state index in [1.807, 2.05) is 6.92 Å². The van der Waals surface area contributed by atoms with E-state index in [2.05, 4.69) is 58.1 Å². The Hall–Kier alpha value is -0.780. The molecular weight excluding hydrogens is 144 g/mol. The summed E-state index contributed by atoms with van der Waals surface area (Å²) in [6.45, 7) is 10.7. The van der Waals surface area contributed by atoms with Crippen LogP contribution in [0.4, 0.5) is 0 Å². The first-order chi connectivity index (χ1) is 5.45.